The fourth-order valence-corrected chi connectivity index (χ4v) is 4.79. The molecular weight excluding hydrogens is 476 g/mol. The van der Waals surface area contributed by atoms with E-state index in [0.717, 1.165) is 5.56 Å². The number of rotatable bonds is 3. The summed E-state index contributed by atoms with van der Waals surface area (Å²) in [5, 5.41) is 3.00. The molecule has 2 aromatic carbocycles. The lowest BCUT2D eigenvalue weighted by molar-refractivity contribution is -0.279. The molecule has 3 aromatic rings. The van der Waals surface area contributed by atoms with Crippen LogP contribution in [0.25, 0.3) is 0 Å². The van der Waals surface area contributed by atoms with Crippen LogP contribution in [0.5, 0.6) is 0 Å². The van der Waals surface area contributed by atoms with Gasteiger partial charge in [-0.25, -0.2) is 13.8 Å². The van der Waals surface area contributed by atoms with E-state index in [2.05, 4.69) is 10.3 Å². The molecule has 0 aliphatic carbocycles. The summed E-state index contributed by atoms with van der Waals surface area (Å²) in [5.74, 6) is -3.70. The Morgan fingerprint density at radius 1 is 1.11 bits per heavy atom. The number of fused-ring (bicyclic) bond motifs is 2. The highest BCUT2D eigenvalue weighted by Crippen LogP contribution is 2.55. The van der Waals surface area contributed by atoms with Gasteiger partial charge in [0.05, 0.1) is 17.9 Å². The van der Waals surface area contributed by atoms with Gasteiger partial charge in [-0.05, 0) is 48.9 Å². The van der Waals surface area contributed by atoms with Crippen molar-refractivity contribution in [3.8, 4) is 0 Å². The Kier molecular flexibility index (Phi) is 5.81. The molecule has 1 fully saturated rings. The highest BCUT2D eigenvalue weighted by atomic mass is 35.5. The van der Waals surface area contributed by atoms with Gasteiger partial charge in [0.2, 0.25) is 0 Å². The van der Waals surface area contributed by atoms with Crippen LogP contribution in [-0.2, 0) is 10.3 Å². The summed E-state index contributed by atoms with van der Waals surface area (Å²) in [7, 11) is 0. The number of carbonyl (C=O) groups is 2. The number of amides is 2. The molecule has 2 amide bonds. The molecule has 2 aliphatic heterocycles. The Balaban J connectivity index is 1.42. The lowest BCUT2D eigenvalue weighted by Gasteiger charge is -2.46. The van der Waals surface area contributed by atoms with Crippen LogP contribution < -0.4 is 10.2 Å². The van der Waals surface area contributed by atoms with E-state index in [1.54, 1.807) is 24.3 Å². The molecule has 1 aromatic heterocycles. The number of alkyl halides is 2. The Labute approximate surface area is 205 Å². The molecule has 3 heterocycles. The van der Waals surface area contributed by atoms with Gasteiger partial charge in [-0.3, -0.25) is 9.59 Å². The highest BCUT2D eigenvalue weighted by molar-refractivity contribution is 6.30. The Bertz CT molecular complexity index is 1310. The molecule has 0 radical (unpaired) electrons. The molecule has 0 bridgehead atoms. The first-order valence-electron chi connectivity index (χ1n) is 11.2. The van der Waals surface area contributed by atoms with Crippen molar-refractivity contribution in [1.29, 1.82) is 0 Å². The van der Waals surface area contributed by atoms with Gasteiger partial charge in [-0.1, -0.05) is 29.8 Å². The Morgan fingerprint density at radius 2 is 1.89 bits per heavy atom. The zero-order chi connectivity index (χ0) is 24.8. The number of pyridine rings is 1. The van der Waals surface area contributed by atoms with Crippen LogP contribution in [0.3, 0.4) is 0 Å². The van der Waals surface area contributed by atoms with Crippen LogP contribution in [0.1, 0.15) is 44.7 Å². The first-order valence-corrected chi connectivity index (χ1v) is 11.6. The molecule has 6 nitrogen and oxygen atoms in total. The molecule has 2 aliphatic rings. The van der Waals surface area contributed by atoms with E-state index >= 15 is 8.78 Å². The zero-order valence-corrected chi connectivity index (χ0v) is 19.6. The minimum absolute atomic E-state index is 0.145. The third-order valence-electron chi connectivity index (χ3n) is 6.61. The van der Waals surface area contributed by atoms with Crippen LogP contribution in [0, 0.1) is 6.92 Å². The summed E-state index contributed by atoms with van der Waals surface area (Å²) >= 11 is 6.14. The van der Waals surface area contributed by atoms with Gasteiger partial charge >= 0.3 is 0 Å². The van der Waals surface area contributed by atoms with Gasteiger partial charge in [0.1, 0.15) is 5.82 Å². The highest BCUT2D eigenvalue weighted by Gasteiger charge is 2.62. The van der Waals surface area contributed by atoms with Gasteiger partial charge in [0.15, 0.2) is 5.60 Å². The fraction of sp³-hybridized carbons (Fsp3) is 0.269. The number of carbonyl (C=O) groups excluding carboxylic acids is 2. The molecule has 5 rings (SSSR count). The topological polar surface area (TPSA) is 71.5 Å². The number of nitrogens with one attached hydrogen (secondary N) is 1. The van der Waals surface area contributed by atoms with Gasteiger partial charge in [0, 0.05) is 41.7 Å². The van der Waals surface area contributed by atoms with Gasteiger partial charge in [0.25, 0.3) is 17.7 Å². The molecule has 180 valence electrons. The van der Waals surface area contributed by atoms with Gasteiger partial charge < -0.3 is 15.0 Å². The van der Waals surface area contributed by atoms with Crippen LogP contribution in [0.2, 0.25) is 5.02 Å². The number of aromatic nitrogens is 1. The van der Waals surface area contributed by atoms with E-state index in [4.69, 9.17) is 16.3 Å². The summed E-state index contributed by atoms with van der Waals surface area (Å²) < 4.78 is 35.9. The van der Waals surface area contributed by atoms with Gasteiger partial charge in [-0.2, -0.15) is 0 Å². The SMILES string of the molecule is Cc1ccccc1C(=O)Nc1ccc(C(=O)N2CCC(F)(F)C3(CCO3)c3cc(Cl)ccc32)cn1. The number of nitrogens with zero attached hydrogens (tertiary/aromatic N) is 2. The maximum Gasteiger partial charge on any atom is 0.282 e. The number of aryl methyl sites for hydroxylation is 1. The first kappa shape index (κ1) is 23.4. The number of benzene rings is 2. The van der Waals surface area contributed by atoms with E-state index in [1.165, 1.54) is 29.3 Å². The monoisotopic (exact) mass is 497 g/mol. The smallest absolute Gasteiger partial charge is 0.282 e. The van der Waals surface area contributed by atoms with Crippen LogP contribution in [0.4, 0.5) is 20.3 Å². The van der Waals surface area contributed by atoms with Crippen LogP contribution in [-0.4, -0.2) is 35.9 Å². The molecule has 9 heteroatoms. The van der Waals surface area contributed by atoms with E-state index < -0.39 is 23.9 Å². The van der Waals surface area contributed by atoms with Crippen molar-refractivity contribution in [1.82, 2.24) is 4.98 Å². The Hall–Kier alpha value is -3.36. The quantitative estimate of drug-likeness (QED) is 0.511. The molecule has 1 spiro atoms. The zero-order valence-electron chi connectivity index (χ0n) is 18.9. The third kappa shape index (κ3) is 3.96. The summed E-state index contributed by atoms with van der Waals surface area (Å²) in [4.78, 5) is 31.5. The van der Waals surface area contributed by atoms with E-state index in [-0.39, 0.29) is 42.4 Å². The largest absolute Gasteiger partial charge is 0.364 e. The molecular formula is C26H22ClF2N3O3. The minimum Gasteiger partial charge on any atom is -0.364 e. The second-order valence-corrected chi connectivity index (χ2v) is 9.14. The van der Waals surface area contributed by atoms with E-state index in [0.29, 0.717) is 16.3 Å². The average molecular weight is 498 g/mol. The molecule has 1 saturated heterocycles. The number of ether oxygens (including phenoxy) is 1. The molecule has 1 atom stereocenters. The maximum absolute atomic E-state index is 15.2. The third-order valence-corrected chi connectivity index (χ3v) is 6.85. The normalized spacial score (nSPS) is 20.5. The van der Waals surface area contributed by atoms with Crippen molar-refractivity contribution in [3.63, 3.8) is 0 Å². The van der Waals surface area contributed by atoms with Crippen molar-refractivity contribution in [3.05, 3.63) is 88.1 Å². The molecule has 1 unspecified atom stereocenters. The predicted molar refractivity (Wildman–Crippen MR) is 128 cm³/mol. The maximum atomic E-state index is 15.2. The first-order chi connectivity index (χ1) is 16.7. The summed E-state index contributed by atoms with van der Waals surface area (Å²) in [6.45, 7) is 1.85. The van der Waals surface area contributed by atoms with E-state index in [1.807, 2.05) is 19.1 Å². The summed E-state index contributed by atoms with van der Waals surface area (Å²) in [6, 6.07) is 14.8. The molecule has 35 heavy (non-hydrogen) atoms. The van der Waals surface area contributed by atoms with Crippen LogP contribution in [0.15, 0.2) is 60.8 Å². The van der Waals surface area contributed by atoms with Crippen LogP contribution >= 0.6 is 11.6 Å². The lowest BCUT2D eigenvalue weighted by Crippen LogP contribution is -2.54. The molecule has 0 saturated carbocycles. The van der Waals surface area contributed by atoms with Crippen molar-refractivity contribution in [2.24, 2.45) is 0 Å². The predicted octanol–water partition coefficient (Wildman–Crippen LogP) is 5.60. The Morgan fingerprint density at radius 3 is 2.54 bits per heavy atom. The standard InChI is InChI=1S/C26H22ClF2N3O3/c1-16-4-2-3-5-19(16)23(33)31-22-9-6-17(15-30-22)24(34)32-12-10-26(28,29)25(11-13-35-25)20-14-18(27)7-8-21(20)32/h2-9,14-15H,10-13H2,1H3,(H,30,31,33). The second kappa shape index (κ2) is 8.70. The second-order valence-electron chi connectivity index (χ2n) is 8.70. The number of halogens is 3. The number of hydrogen-bond acceptors (Lipinski definition) is 4. The van der Waals surface area contributed by atoms with Crippen molar-refractivity contribution < 1.29 is 23.1 Å². The number of anilines is 2. The van der Waals surface area contributed by atoms with E-state index in [9.17, 15) is 9.59 Å². The molecule has 1 N–H and O–H groups in total. The average Bonchev–Trinajstić information content (AvgIpc) is 2.90. The summed E-state index contributed by atoms with van der Waals surface area (Å²) in [5.41, 5.74) is 0.303. The van der Waals surface area contributed by atoms with Crippen molar-refractivity contribution >= 4 is 34.9 Å². The lowest BCUT2D eigenvalue weighted by atomic mass is 9.79. The van der Waals surface area contributed by atoms with Gasteiger partial charge in [-0.15, -0.1) is 0 Å². The van der Waals surface area contributed by atoms with Crippen molar-refractivity contribution in [2.75, 3.05) is 23.4 Å². The van der Waals surface area contributed by atoms with Crippen molar-refractivity contribution in [2.45, 2.75) is 31.3 Å². The fourth-order valence-electron chi connectivity index (χ4n) is 4.62. The number of hydrogen-bond donors (Lipinski definition) is 1. The summed E-state index contributed by atoms with van der Waals surface area (Å²) in [6.07, 6.45) is 0.916. The minimum atomic E-state index is -3.17.